The van der Waals surface area contributed by atoms with Gasteiger partial charge in [-0.3, -0.25) is 4.98 Å². The molecule has 2 aromatic carbocycles. The molecule has 6 rings (SSSR count). The minimum absolute atomic E-state index is 0.159. The summed E-state index contributed by atoms with van der Waals surface area (Å²) in [6, 6.07) is 17.2. The summed E-state index contributed by atoms with van der Waals surface area (Å²) in [5.74, 6) is -2.27. The lowest BCUT2D eigenvalue weighted by atomic mass is 9.95. The van der Waals surface area contributed by atoms with Crippen molar-refractivity contribution in [3.63, 3.8) is 0 Å². The second-order valence-corrected chi connectivity index (χ2v) is 11.2. The number of pyridine rings is 2. The van der Waals surface area contributed by atoms with Crippen LogP contribution in [0.3, 0.4) is 0 Å². The van der Waals surface area contributed by atoms with E-state index >= 15 is 0 Å². The lowest BCUT2D eigenvalue weighted by Crippen LogP contribution is -2.46. The van der Waals surface area contributed by atoms with Crippen molar-refractivity contribution in [2.45, 2.75) is 44.4 Å². The van der Waals surface area contributed by atoms with Crippen molar-refractivity contribution in [1.82, 2.24) is 9.97 Å². The van der Waals surface area contributed by atoms with E-state index in [0.29, 0.717) is 24.5 Å². The van der Waals surface area contributed by atoms with Gasteiger partial charge in [0.25, 0.3) is 0 Å². The number of piperidine rings is 1. The number of hydrogen-bond donors (Lipinski definition) is 3. The van der Waals surface area contributed by atoms with Gasteiger partial charge in [-0.15, -0.1) is 0 Å². The van der Waals surface area contributed by atoms with Crippen LogP contribution in [0.25, 0.3) is 11.3 Å². The van der Waals surface area contributed by atoms with E-state index in [1.807, 2.05) is 24.3 Å². The molecule has 41 heavy (non-hydrogen) atoms. The average molecular weight is 560 g/mol. The summed E-state index contributed by atoms with van der Waals surface area (Å²) in [5.41, 5.74) is 1.28. The number of halogens is 3. The van der Waals surface area contributed by atoms with Gasteiger partial charge >= 0.3 is 0 Å². The molecule has 212 valence electrons. The van der Waals surface area contributed by atoms with E-state index < -0.39 is 34.3 Å². The lowest BCUT2D eigenvalue weighted by molar-refractivity contribution is 0.150. The molecule has 3 N–H and O–H groups in total. The van der Waals surface area contributed by atoms with E-state index in [1.165, 1.54) is 6.07 Å². The fraction of sp³-hybridized carbons (Fsp3) is 0.312. The number of rotatable bonds is 8. The predicted octanol–water partition coefficient (Wildman–Crippen LogP) is 6.48. The van der Waals surface area contributed by atoms with E-state index in [2.05, 4.69) is 44.6 Å². The highest BCUT2D eigenvalue weighted by Crippen LogP contribution is 2.46. The Morgan fingerprint density at radius 1 is 0.976 bits per heavy atom. The van der Waals surface area contributed by atoms with Crippen LogP contribution >= 0.6 is 0 Å². The van der Waals surface area contributed by atoms with Gasteiger partial charge in [0.05, 0.1) is 41.0 Å². The number of nitrogens with one attached hydrogen (secondary N) is 2. The highest BCUT2D eigenvalue weighted by molar-refractivity contribution is 5.69. The summed E-state index contributed by atoms with van der Waals surface area (Å²) >= 11 is 0. The zero-order chi connectivity index (χ0) is 28.6. The summed E-state index contributed by atoms with van der Waals surface area (Å²) in [4.78, 5) is 10.9. The molecule has 0 spiro atoms. The molecule has 1 saturated heterocycles. The molecule has 4 aromatic rings. The first kappa shape index (κ1) is 27.1. The highest BCUT2D eigenvalue weighted by atomic mass is 19.1. The van der Waals surface area contributed by atoms with Crippen LogP contribution in [0.15, 0.2) is 73.1 Å². The minimum atomic E-state index is -1.21. The zero-order valence-corrected chi connectivity index (χ0v) is 22.7. The Balaban J connectivity index is 1.20. The number of anilines is 3. The first-order valence-electron chi connectivity index (χ1n) is 13.9. The fourth-order valence-corrected chi connectivity index (χ4v) is 5.64. The maximum absolute atomic E-state index is 15.0. The Bertz CT molecular complexity index is 1520. The summed E-state index contributed by atoms with van der Waals surface area (Å²) in [5, 5.41) is 17.2. The lowest BCUT2D eigenvalue weighted by Gasteiger charge is -2.39. The Hall–Kier alpha value is -4.11. The molecule has 1 saturated carbocycles. The normalized spacial score (nSPS) is 19.6. The monoisotopic (exact) mass is 559 g/mol. The van der Waals surface area contributed by atoms with Crippen molar-refractivity contribution in [1.29, 1.82) is 0 Å². The van der Waals surface area contributed by atoms with Crippen molar-refractivity contribution < 1.29 is 18.3 Å². The molecular formula is C32H32F3N5O. The van der Waals surface area contributed by atoms with Crippen molar-refractivity contribution >= 4 is 17.1 Å². The third-order valence-corrected chi connectivity index (χ3v) is 7.85. The van der Waals surface area contributed by atoms with Crippen molar-refractivity contribution in [2.24, 2.45) is 5.92 Å². The molecule has 2 aromatic heterocycles. The van der Waals surface area contributed by atoms with Crippen LogP contribution in [0.2, 0.25) is 0 Å². The molecule has 3 heterocycles. The largest absolute Gasteiger partial charge is 0.385 e. The smallest absolute Gasteiger partial charge is 0.149 e. The summed E-state index contributed by atoms with van der Waals surface area (Å²) in [7, 11) is 0. The predicted molar refractivity (Wildman–Crippen MR) is 154 cm³/mol. The first-order valence-corrected chi connectivity index (χ1v) is 13.9. The fourth-order valence-electron chi connectivity index (χ4n) is 5.64. The third-order valence-electron chi connectivity index (χ3n) is 7.85. The molecule has 0 radical (unpaired) electrons. The van der Waals surface area contributed by atoms with E-state index in [9.17, 15) is 18.3 Å². The van der Waals surface area contributed by atoms with Gasteiger partial charge in [-0.25, -0.2) is 18.2 Å². The maximum atomic E-state index is 15.0. The first-order chi connectivity index (χ1) is 19.8. The number of aliphatic hydroxyl groups is 1. The van der Waals surface area contributed by atoms with Crippen LogP contribution in [-0.2, 0) is 12.1 Å². The van der Waals surface area contributed by atoms with Gasteiger partial charge in [-0.2, -0.15) is 0 Å². The number of aromatic nitrogens is 2. The van der Waals surface area contributed by atoms with Crippen molar-refractivity contribution in [3.05, 3.63) is 102 Å². The van der Waals surface area contributed by atoms with Gasteiger partial charge in [-0.1, -0.05) is 25.1 Å². The molecule has 0 amide bonds. The zero-order valence-electron chi connectivity index (χ0n) is 22.7. The van der Waals surface area contributed by atoms with Gasteiger partial charge in [-0.05, 0) is 73.2 Å². The minimum Gasteiger partial charge on any atom is -0.385 e. The average Bonchev–Trinajstić information content (AvgIpc) is 3.71. The summed E-state index contributed by atoms with van der Waals surface area (Å²) in [6.07, 6.45) is 5.42. The summed E-state index contributed by atoms with van der Waals surface area (Å²) in [6.45, 7) is 4.12. The molecule has 0 bridgehead atoms. The van der Waals surface area contributed by atoms with Crippen LogP contribution in [0.1, 0.15) is 37.4 Å². The van der Waals surface area contributed by atoms with Crippen LogP contribution < -0.4 is 15.5 Å². The molecular weight excluding hydrogens is 527 g/mol. The van der Waals surface area contributed by atoms with E-state index in [-0.39, 0.29) is 18.2 Å². The van der Waals surface area contributed by atoms with Crippen molar-refractivity contribution in [3.8, 4) is 11.3 Å². The second-order valence-electron chi connectivity index (χ2n) is 11.2. The van der Waals surface area contributed by atoms with Crippen LogP contribution in [0.4, 0.5) is 30.2 Å². The third kappa shape index (κ3) is 5.86. The second kappa shape index (κ2) is 11.0. The van der Waals surface area contributed by atoms with Crippen LogP contribution in [-0.4, -0.2) is 34.2 Å². The van der Waals surface area contributed by atoms with Gasteiger partial charge in [0, 0.05) is 31.0 Å². The van der Waals surface area contributed by atoms with Crippen LogP contribution in [0, 0.1) is 23.4 Å². The SMILES string of the molecule is CC1CC(Nc2ccccc2)CN(c2ccncc2NCc2ccc(F)c(-c3c(F)cc(C4(O)CC4)cc3F)n2)C1. The Labute approximate surface area is 237 Å². The highest BCUT2D eigenvalue weighted by Gasteiger charge is 2.43. The quantitative estimate of drug-likeness (QED) is 0.230. The molecule has 9 heteroatoms. The molecule has 2 aliphatic rings. The number of para-hydroxylation sites is 1. The number of benzene rings is 2. The van der Waals surface area contributed by atoms with E-state index in [4.69, 9.17) is 0 Å². The van der Waals surface area contributed by atoms with Crippen LogP contribution in [0.5, 0.6) is 0 Å². The van der Waals surface area contributed by atoms with E-state index in [0.717, 1.165) is 54.8 Å². The maximum Gasteiger partial charge on any atom is 0.149 e. The molecule has 1 aliphatic heterocycles. The Kier molecular flexibility index (Phi) is 7.30. The molecule has 2 fully saturated rings. The Morgan fingerprint density at radius 3 is 2.46 bits per heavy atom. The van der Waals surface area contributed by atoms with Crippen molar-refractivity contribution in [2.75, 3.05) is 28.6 Å². The van der Waals surface area contributed by atoms with Gasteiger partial charge < -0.3 is 20.6 Å². The Morgan fingerprint density at radius 2 is 1.73 bits per heavy atom. The van der Waals surface area contributed by atoms with Gasteiger partial charge in [0.2, 0.25) is 0 Å². The molecule has 2 unspecified atom stereocenters. The van der Waals surface area contributed by atoms with Gasteiger partial charge in [0.1, 0.15) is 23.1 Å². The summed E-state index contributed by atoms with van der Waals surface area (Å²) < 4.78 is 44.7. The van der Waals surface area contributed by atoms with E-state index in [1.54, 1.807) is 12.4 Å². The van der Waals surface area contributed by atoms with Gasteiger partial charge in [0.15, 0.2) is 0 Å². The standard InChI is InChI=1S/C32H32F3N5O/c1-20-13-24(38-22-5-3-2-4-6-22)19-40(18-20)29-9-12-36-17-28(29)37-16-23-7-8-25(33)31(39-23)30-26(34)14-21(15-27(30)35)32(41)10-11-32/h2-9,12,14-15,17,20,24,37-38,41H,10-11,13,16,18-19H2,1H3. The topological polar surface area (TPSA) is 73.3 Å². The molecule has 2 atom stereocenters. The molecule has 1 aliphatic carbocycles. The molecule has 6 nitrogen and oxygen atoms in total. The number of nitrogens with zero attached hydrogens (tertiary/aromatic N) is 3. The number of hydrogen-bond acceptors (Lipinski definition) is 6.